The predicted molar refractivity (Wildman–Crippen MR) is 96.0 cm³/mol. The second-order valence-corrected chi connectivity index (χ2v) is 5.98. The van der Waals surface area contributed by atoms with E-state index in [0.717, 1.165) is 5.56 Å². The maximum Gasteiger partial charge on any atom is 0.274 e. The zero-order valence-corrected chi connectivity index (χ0v) is 14.7. The number of hydrogen-bond acceptors (Lipinski definition) is 5. The van der Waals surface area contributed by atoms with Crippen LogP contribution in [-0.4, -0.2) is 15.8 Å². The summed E-state index contributed by atoms with van der Waals surface area (Å²) in [5.41, 5.74) is 2.32. The fraction of sp³-hybridized carbons (Fsp3) is 0.278. The summed E-state index contributed by atoms with van der Waals surface area (Å²) in [6, 6.07) is 6.36. The van der Waals surface area contributed by atoms with E-state index in [1.54, 1.807) is 32.9 Å². The first kappa shape index (κ1) is 18.9. The minimum absolute atomic E-state index is 0.0418. The number of anilines is 1. The van der Waals surface area contributed by atoms with Gasteiger partial charge in [-0.1, -0.05) is 6.07 Å². The van der Waals surface area contributed by atoms with Crippen molar-refractivity contribution in [2.45, 2.75) is 33.6 Å². The van der Waals surface area contributed by atoms with E-state index in [9.17, 15) is 19.7 Å². The Morgan fingerprint density at radius 3 is 2.65 bits per heavy atom. The number of aryl methyl sites for hydroxylation is 2. The first-order chi connectivity index (χ1) is 12.2. The lowest BCUT2D eigenvalue weighted by atomic mass is 9.99. The van der Waals surface area contributed by atoms with Crippen LogP contribution in [0, 0.1) is 42.2 Å². The number of pyridine rings is 1. The lowest BCUT2D eigenvalue weighted by molar-refractivity contribution is -0.385. The molecule has 26 heavy (non-hydrogen) atoms. The Morgan fingerprint density at radius 1 is 1.35 bits per heavy atom. The summed E-state index contributed by atoms with van der Waals surface area (Å²) >= 11 is 0. The number of nitro benzene ring substituents is 1. The number of H-pyrrole nitrogens is 1. The van der Waals surface area contributed by atoms with Crippen molar-refractivity contribution in [3.8, 4) is 6.07 Å². The van der Waals surface area contributed by atoms with E-state index in [0.29, 0.717) is 28.9 Å². The SMILES string of the molecule is Cc1ccc(NC(=O)CCc2c(C)[nH]c(=O)c(C#N)c2C)cc1[N+](=O)[O-]. The molecule has 0 atom stereocenters. The van der Waals surface area contributed by atoms with Gasteiger partial charge in [-0.05, 0) is 44.4 Å². The van der Waals surface area contributed by atoms with E-state index >= 15 is 0 Å². The van der Waals surface area contributed by atoms with E-state index in [1.807, 2.05) is 6.07 Å². The highest BCUT2D eigenvalue weighted by atomic mass is 16.6. The number of nitrogens with one attached hydrogen (secondary N) is 2. The Kier molecular flexibility index (Phi) is 5.52. The molecule has 134 valence electrons. The van der Waals surface area contributed by atoms with Crippen LogP contribution in [0.3, 0.4) is 0 Å². The topological polar surface area (TPSA) is 129 Å². The summed E-state index contributed by atoms with van der Waals surface area (Å²) in [4.78, 5) is 37.0. The largest absolute Gasteiger partial charge is 0.326 e. The average molecular weight is 354 g/mol. The first-order valence-corrected chi connectivity index (χ1v) is 7.92. The molecule has 0 aliphatic rings. The molecule has 1 aromatic heterocycles. The van der Waals surface area contributed by atoms with Gasteiger partial charge >= 0.3 is 0 Å². The highest BCUT2D eigenvalue weighted by Gasteiger charge is 2.15. The number of benzene rings is 1. The van der Waals surface area contributed by atoms with Gasteiger partial charge in [-0.25, -0.2) is 0 Å². The van der Waals surface area contributed by atoms with Gasteiger partial charge in [-0.15, -0.1) is 0 Å². The number of carbonyl (C=O) groups excluding carboxylic acids is 1. The number of nitriles is 1. The summed E-state index contributed by atoms with van der Waals surface area (Å²) in [6.07, 6.45) is 0.448. The predicted octanol–water partition coefficient (Wildman–Crippen LogP) is 2.65. The number of aromatic nitrogens is 1. The molecule has 0 saturated carbocycles. The Morgan fingerprint density at radius 2 is 2.04 bits per heavy atom. The van der Waals surface area contributed by atoms with Crippen LogP contribution in [0.5, 0.6) is 0 Å². The minimum Gasteiger partial charge on any atom is -0.326 e. The number of nitro groups is 1. The van der Waals surface area contributed by atoms with Crippen molar-refractivity contribution in [2.24, 2.45) is 0 Å². The molecule has 0 aliphatic carbocycles. The normalized spacial score (nSPS) is 10.2. The highest BCUT2D eigenvalue weighted by Crippen LogP contribution is 2.22. The van der Waals surface area contributed by atoms with E-state index in [1.165, 1.54) is 6.07 Å². The molecule has 2 aromatic rings. The van der Waals surface area contributed by atoms with Crippen molar-refractivity contribution in [1.82, 2.24) is 4.98 Å². The number of hydrogen-bond donors (Lipinski definition) is 2. The third-order valence-electron chi connectivity index (χ3n) is 4.21. The monoisotopic (exact) mass is 354 g/mol. The van der Waals surface area contributed by atoms with Crippen LogP contribution >= 0.6 is 0 Å². The van der Waals surface area contributed by atoms with Gasteiger partial charge in [0.25, 0.3) is 11.2 Å². The smallest absolute Gasteiger partial charge is 0.274 e. The molecule has 0 radical (unpaired) electrons. The zero-order valence-electron chi connectivity index (χ0n) is 14.7. The molecule has 0 unspecified atom stereocenters. The van der Waals surface area contributed by atoms with Gasteiger partial charge in [0.2, 0.25) is 5.91 Å². The van der Waals surface area contributed by atoms with Crippen LogP contribution in [0.4, 0.5) is 11.4 Å². The minimum atomic E-state index is -0.499. The highest BCUT2D eigenvalue weighted by molar-refractivity contribution is 5.91. The molecule has 8 heteroatoms. The van der Waals surface area contributed by atoms with Crippen LogP contribution in [0.2, 0.25) is 0 Å². The second kappa shape index (κ2) is 7.61. The Bertz CT molecular complexity index is 986. The van der Waals surface area contributed by atoms with Crippen molar-refractivity contribution in [3.05, 3.63) is 66.6 Å². The lowest BCUT2D eigenvalue weighted by Crippen LogP contribution is -2.18. The van der Waals surface area contributed by atoms with Crippen LogP contribution in [0.25, 0.3) is 0 Å². The van der Waals surface area contributed by atoms with Gasteiger partial charge in [0.1, 0.15) is 11.6 Å². The van der Waals surface area contributed by atoms with Gasteiger partial charge in [0, 0.05) is 29.4 Å². The van der Waals surface area contributed by atoms with Crippen molar-refractivity contribution in [1.29, 1.82) is 5.26 Å². The van der Waals surface area contributed by atoms with Gasteiger partial charge in [0.15, 0.2) is 0 Å². The third-order valence-corrected chi connectivity index (χ3v) is 4.21. The molecule has 0 fully saturated rings. The van der Waals surface area contributed by atoms with Crippen molar-refractivity contribution in [3.63, 3.8) is 0 Å². The molecule has 1 aromatic carbocycles. The summed E-state index contributed by atoms with van der Waals surface area (Å²) in [7, 11) is 0. The molecule has 8 nitrogen and oxygen atoms in total. The maximum absolute atomic E-state index is 12.2. The van der Waals surface area contributed by atoms with Gasteiger partial charge in [0.05, 0.1) is 4.92 Å². The number of aromatic amines is 1. The number of amides is 1. The standard InChI is InChI=1S/C18H18N4O4/c1-10-4-5-13(8-16(10)22(25)26)21-17(23)7-6-14-11(2)15(9-19)18(24)20-12(14)3/h4-5,8H,6-7H2,1-3H3,(H,20,24)(H,21,23). The van der Waals surface area contributed by atoms with E-state index in [2.05, 4.69) is 10.3 Å². The van der Waals surface area contributed by atoms with Crippen molar-refractivity contribution >= 4 is 17.3 Å². The molecular formula is C18H18N4O4. The summed E-state index contributed by atoms with van der Waals surface area (Å²) in [5.74, 6) is -0.313. The fourth-order valence-electron chi connectivity index (χ4n) is 2.77. The molecular weight excluding hydrogens is 336 g/mol. The van der Waals surface area contributed by atoms with Crippen LogP contribution in [-0.2, 0) is 11.2 Å². The van der Waals surface area contributed by atoms with Gasteiger partial charge < -0.3 is 10.3 Å². The number of rotatable bonds is 5. The Hall–Kier alpha value is -3.47. The molecule has 0 aliphatic heterocycles. The van der Waals surface area contributed by atoms with Crippen LogP contribution < -0.4 is 10.9 Å². The Labute approximate surface area is 149 Å². The van der Waals surface area contributed by atoms with Crippen LogP contribution in [0.15, 0.2) is 23.0 Å². The van der Waals surface area contributed by atoms with Gasteiger partial charge in [-0.3, -0.25) is 19.7 Å². The molecule has 2 N–H and O–H groups in total. The molecule has 0 spiro atoms. The molecule has 2 rings (SSSR count). The maximum atomic E-state index is 12.2. The zero-order chi connectivity index (χ0) is 19.4. The lowest BCUT2D eigenvalue weighted by Gasteiger charge is -2.11. The first-order valence-electron chi connectivity index (χ1n) is 7.92. The summed E-state index contributed by atoms with van der Waals surface area (Å²) in [5, 5.41) is 22.7. The van der Waals surface area contributed by atoms with E-state index in [-0.39, 0.29) is 23.6 Å². The van der Waals surface area contributed by atoms with Crippen molar-refractivity contribution < 1.29 is 9.72 Å². The molecule has 0 saturated heterocycles. The molecule has 0 bridgehead atoms. The second-order valence-electron chi connectivity index (χ2n) is 5.98. The summed E-state index contributed by atoms with van der Waals surface area (Å²) in [6.45, 7) is 5.02. The number of carbonyl (C=O) groups is 1. The third kappa shape index (κ3) is 3.95. The van der Waals surface area contributed by atoms with Gasteiger partial charge in [-0.2, -0.15) is 5.26 Å². The Balaban J connectivity index is 2.13. The summed E-state index contributed by atoms with van der Waals surface area (Å²) < 4.78 is 0. The molecule has 1 amide bonds. The molecule has 1 heterocycles. The fourth-order valence-corrected chi connectivity index (χ4v) is 2.77. The van der Waals surface area contributed by atoms with E-state index < -0.39 is 10.5 Å². The average Bonchev–Trinajstić information content (AvgIpc) is 2.56. The quantitative estimate of drug-likeness (QED) is 0.630. The van der Waals surface area contributed by atoms with Crippen LogP contribution in [0.1, 0.15) is 34.4 Å². The number of nitrogens with zero attached hydrogens (tertiary/aromatic N) is 2. The van der Waals surface area contributed by atoms with E-state index in [4.69, 9.17) is 5.26 Å². The van der Waals surface area contributed by atoms with Crippen molar-refractivity contribution in [2.75, 3.05) is 5.32 Å².